The van der Waals surface area contributed by atoms with Gasteiger partial charge in [-0.05, 0) is 80.3 Å². The normalized spacial score (nSPS) is 11.7. The van der Waals surface area contributed by atoms with Crippen LogP contribution in [-0.2, 0) is 10.5 Å². The summed E-state index contributed by atoms with van der Waals surface area (Å²) in [6.45, 7) is 7.83. The van der Waals surface area contributed by atoms with Crippen LogP contribution < -0.4 is 10.1 Å². The van der Waals surface area contributed by atoms with Gasteiger partial charge in [0.2, 0.25) is 0 Å². The van der Waals surface area contributed by atoms with Gasteiger partial charge in [-0.2, -0.15) is 0 Å². The average molecular weight is 406 g/mol. The van der Waals surface area contributed by atoms with E-state index in [1.54, 1.807) is 18.7 Å². The highest BCUT2D eigenvalue weighted by Gasteiger charge is 2.16. The second-order valence-electron chi connectivity index (χ2n) is 7.32. The summed E-state index contributed by atoms with van der Waals surface area (Å²) in [6.07, 6.45) is -0.580. The fourth-order valence-corrected chi connectivity index (χ4v) is 3.99. The molecule has 3 aromatic rings. The van der Waals surface area contributed by atoms with Crippen LogP contribution in [0.3, 0.4) is 0 Å². The number of aryl methyl sites for hydroxylation is 3. The molecule has 0 saturated carbocycles. The van der Waals surface area contributed by atoms with Crippen molar-refractivity contribution in [3.63, 3.8) is 0 Å². The van der Waals surface area contributed by atoms with Crippen LogP contribution in [0, 0.1) is 20.8 Å². The smallest absolute Gasteiger partial charge is 0.265 e. The summed E-state index contributed by atoms with van der Waals surface area (Å²) in [6, 6.07) is 22.5. The lowest BCUT2D eigenvalue weighted by Gasteiger charge is -2.17. The SMILES string of the molecule is Cc1cc(C)cc(O[C@@H](C)C(=O)Nc2ccc(CSc3ccccc3)cc2C)c1. The number of benzene rings is 3. The van der Waals surface area contributed by atoms with Gasteiger partial charge in [0.1, 0.15) is 5.75 Å². The molecule has 0 heterocycles. The van der Waals surface area contributed by atoms with Crippen molar-refractivity contribution >= 4 is 23.4 Å². The summed E-state index contributed by atoms with van der Waals surface area (Å²) in [5.41, 5.74) is 5.33. The Balaban J connectivity index is 1.59. The third kappa shape index (κ3) is 6.13. The molecule has 0 aliphatic carbocycles. The second kappa shape index (κ2) is 9.66. The number of ether oxygens (including phenoxy) is 1. The molecule has 0 saturated heterocycles. The Kier molecular flexibility index (Phi) is 6.99. The lowest BCUT2D eigenvalue weighted by Crippen LogP contribution is -2.30. The lowest BCUT2D eigenvalue weighted by atomic mass is 10.1. The van der Waals surface area contributed by atoms with Crippen LogP contribution >= 0.6 is 11.8 Å². The molecular weight excluding hydrogens is 378 g/mol. The zero-order valence-corrected chi connectivity index (χ0v) is 18.2. The third-order valence-corrected chi connectivity index (χ3v) is 5.66. The number of hydrogen-bond acceptors (Lipinski definition) is 3. The van der Waals surface area contributed by atoms with E-state index in [4.69, 9.17) is 4.74 Å². The molecule has 0 radical (unpaired) electrons. The van der Waals surface area contributed by atoms with Crippen molar-refractivity contribution in [3.8, 4) is 5.75 Å². The lowest BCUT2D eigenvalue weighted by molar-refractivity contribution is -0.122. The Morgan fingerprint density at radius 2 is 1.66 bits per heavy atom. The van der Waals surface area contributed by atoms with Gasteiger partial charge in [-0.3, -0.25) is 4.79 Å². The molecule has 29 heavy (non-hydrogen) atoms. The molecule has 150 valence electrons. The van der Waals surface area contributed by atoms with Crippen LogP contribution in [0.15, 0.2) is 71.6 Å². The van der Waals surface area contributed by atoms with Gasteiger partial charge in [-0.15, -0.1) is 11.8 Å². The van der Waals surface area contributed by atoms with Gasteiger partial charge in [0, 0.05) is 16.3 Å². The molecule has 3 nitrogen and oxygen atoms in total. The minimum atomic E-state index is -0.580. The van der Waals surface area contributed by atoms with Gasteiger partial charge < -0.3 is 10.1 Å². The van der Waals surface area contributed by atoms with E-state index in [2.05, 4.69) is 35.6 Å². The summed E-state index contributed by atoms with van der Waals surface area (Å²) in [7, 11) is 0. The number of hydrogen-bond donors (Lipinski definition) is 1. The standard InChI is InChI=1S/C25H27NO2S/c1-17-12-18(2)14-22(13-17)28-20(4)25(27)26-24-11-10-21(15-19(24)3)16-29-23-8-6-5-7-9-23/h5-15,20H,16H2,1-4H3,(H,26,27)/t20-/m0/s1. The highest BCUT2D eigenvalue weighted by molar-refractivity contribution is 7.98. The molecule has 0 aliphatic rings. The number of carbonyl (C=O) groups is 1. The van der Waals surface area contributed by atoms with E-state index < -0.39 is 6.10 Å². The summed E-state index contributed by atoms with van der Waals surface area (Å²) in [4.78, 5) is 13.8. The molecule has 0 aliphatic heterocycles. The molecule has 1 amide bonds. The van der Waals surface area contributed by atoms with Crippen molar-refractivity contribution in [2.45, 2.75) is 44.4 Å². The zero-order valence-electron chi connectivity index (χ0n) is 17.4. The summed E-state index contributed by atoms with van der Waals surface area (Å²) < 4.78 is 5.85. The topological polar surface area (TPSA) is 38.3 Å². The van der Waals surface area contributed by atoms with Crippen molar-refractivity contribution < 1.29 is 9.53 Å². The van der Waals surface area contributed by atoms with E-state index >= 15 is 0 Å². The first-order valence-electron chi connectivity index (χ1n) is 9.74. The Morgan fingerprint density at radius 1 is 0.966 bits per heavy atom. The molecule has 0 bridgehead atoms. The van der Waals surface area contributed by atoms with Crippen LogP contribution in [0.5, 0.6) is 5.75 Å². The Morgan fingerprint density at radius 3 is 2.31 bits per heavy atom. The molecule has 0 aromatic heterocycles. The minimum Gasteiger partial charge on any atom is -0.481 e. The van der Waals surface area contributed by atoms with Crippen LogP contribution in [0.2, 0.25) is 0 Å². The molecule has 3 aromatic carbocycles. The van der Waals surface area contributed by atoms with Crippen molar-refractivity contribution in [2.24, 2.45) is 0 Å². The van der Waals surface area contributed by atoms with Crippen molar-refractivity contribution in [3.05, 3.63) is 89.0 Å². The Bertz CT molecular complexity index is 965. The van der Waals surface area contributed by atoms with E-state index in [0.29, 0.717) is 0 Å². The number of anilines is 1. The van der Waals surface area contributed by atoms with Crippen molar-refractivity contribution in [1.82, 2.24) is 0 Å². The summed E-state index contributed by atoms with van der Waals surface area (Å²) in [5.74, 6) is 1.46. The molecule has 1 atom stereocenters. The maximum atomic E-state index is 12.6. The average Bonchev–Trinajstić information content (AvgIpc) is 2.68. The van der Waals surface area contributed by atoms with E-state index in [-0.39, 0.29) is 5.91 Å². The van der Waals surface area contributed by atoms with Gasteiger partial charge in [0.15, 0.2) is 6.10 Å². The first-order chi connectivity index (χ1) is 13.9. The third-order valence-electron chi connectivity index (χ3n) is 4.57. The first kappa shape index (κ1) is 21.0. The number of amides is 1. The van der Waals surface area contributed by atoms with E-state index in [0.717, 1.165) is 33.9 Å². The summed E-state index contributed by atoms with van der Waals surface area (Å²) in [5, 5.41) is 2.99. The van der Waals surface area contributed by atoms with Crippen molar-refractivity contribution in [2.75, 3.05) is 5.32 Å². The number of thioether (sulfide) groups is 1. The Hall–Kier alpha value is -2.72. The zero-order chi connectivity index (χ0) is 20.8. The molecule has 4 heteroatoms. The van der Waals surface area contributed by atoms with Crippen LogP contribution in [0.1, 0.15) is 29.2 Å². The molecule has 3 rings (SSSR count). The highest BCUT2D eigenvalue weighted by Crippen LogP contribution is 2.25. The predicted molar refractivity (Wildman–Crippen MR) is 122 cm³/mol. The summed E-state index contributed by atoms with van der Waals surface area (Å²) >= 11 is 1.80. The van der Waals surface area contributed by atoms with Crippen LogP contribution in [-0.4, -0.2) is 12.0 Å². The van der Waals surface area contributed by atoms with E-state index in [1.807, 2.05) is 57.2 Å². The van der Waals surface area contributed by atoms with E-state index in [9.17, 15) is 4.79 Å². The monoisotopic (exact) mass is 405 g/mol. The fourth-order valence-electron chi connectivity index (χ4n) is 3.13. The van der Waals surface area contributed by atoms with E-state index in [1.165, 1.54) is 10.5 Å². The largest absolute Gasteiger partial charge is 0.481 e. The van der Waals surface area contributed by atoms with Crippen LogP contribution in [0.4, 0.5) is 5.69 Å². The molecule has 0 spiro atoms. The quantitative estimate of drug-likeness (QED) is 0.468. The van der Waals surface area contributed by atoms with Crippen molar-refractivity contribution in [1.29, 1.82) is 0 Å². The van der Waals surface area contributed by atoms with Gasteiger partial charge in [0.25, 0.3) is 5.91 Å². The van der Waals surface area contributed by atoms with Gasteiger partial charge in [-0.1, -0.05) is 36.4 Å². The van der Waals surface area contributed by atoms with Gasteiger partial charge in [0.05, 0.1) is 0 Å². The molecule has 1 N–H and O–H groups in total. The fraction of sp³-hybridized carbons (Fsp3) is 0.240. The first-order valence-corrected chi connectivity index (χ1v) is 10.7. The number of nitrogens with one attached hydrogen (secondary N) is 1. The second-order valence-corrected chi connectivity index (χ2v) is 8.37. The molecular formula is C25H27NO2S. The van der Waals surface area contributed by atoms with Crippen LogP contribution in [0.25, 0.3) is 0 Å². The maximum Gasteiger partial charge on any atom is 0.265 e. The number of rotatable bonds is 7. The maximum absolute atomic E-state index is 12.6. The minimum absolute atomic E-state index is 0.154. The van der Waals surface area contributed by atoms with Gasteiger partial charge in [-0.25, -0.2) is 0 Å². The molecule has 0 fully saturated rings. The Labute approximate surface area is 177 Å². The highest BCUT2D eigenvalue weighted by atomic mass is 32.2. The van der Waals surface area contributed by atoms with Gasteiger partial charge >= 0.3 is 0 Å². The molecule has 0 unspecified atom stereocenters. The number of carbonyl (C=O) groups excluding carboxylic acids is 1. The predicted octanol–water partition coefficient (Wildman–Crippen LogP) is 6.31.